The van der Waals surface area contributed by atoms with Gasteiger partial charge >= 0.3 is 0 Å². The Kier molecular flexibility index (Phi) is 5.53. The van der Waals surface area contributed by atoms with Crippen molar-refractivity contribution in [2.75, 3.05) is 0 Å². The topological polar surface area (TPSA) is 34.1 Å². The lowest BCUT2D eigenvalue weighted by Crippen LogP contribution is -2.23. The zero-order valence-electron chi connectivity index (χ0n) is 16.3. The van der Waals surface area contributed by atoms with Crippen LogP contribution < -0.4 is 5.46 Å². The summed E-state index contributed by atoms with van der Waals surface area (Å²) >= 11 is 0. The van der Waals surface area contributed by atoms with E-state index in [1.54, 1.807) is 24.3 Å². The van der Waals surface area contributed by atoms with Gasteiger partial charge < -0.3 is 0 Å². The minimum Gasteiger partial charge on any atom is -0.219 e. The van der Waals surface area contributed by atoms with Gasteiger partial charge in [-0.2, -0.15) is 0 Å². The molecule has 0 aliphatic carbocycles. The first-order valence-electron chi connectivity index (χ1n) is 8.90. The standard InChI is InChI=1S/C21H29BO2S/c1-7-21(5,6)16-8-12-18(13-9-16)25(23,24)19-14-10-17(11-15-19)22-20(2,3)4/h8-15,22H,7H2,1-6H3. The van der Waals surface area contributed by atoms with Crippen LogP contribution in [-0.4, -0.2) is 15.7 Å². The van der Waals surface area contributed by atoms with E-state index in [9.17, 15) is 8.42 Å². The minimum absolute atomic E-state index is 0.0525. The van der Waals surface area contributed by atoms with E-state index in [0.717, 1.165) is 24.7 Å². The fourth-order valence-electron chi connectivity index (χ4n) is 2.82. The van der Waals surface area contributed by atoms with Gasteiger partial charge in [-0.25, -0.2) is 8.42 Å². The SMILES string of the molecule is CCC(C)(C)c1ccc(S(=O)(=O)c2ccc(BC(C)(C)C)cc2)cc1. The Hall–Kier alpha value is -1.55. The van der Waals surface area contributed by atoms with Crippen LogP contribution >= 0.6 is 0 Å². The van der Waals surface area contributed by atoms with Crippen LogP contribution in [0.5, 0.6) is 0 Å². The van der Waals surface area contributed by atoms with Crippen molar-refractivity contribution in [1.29, 1.82) is 0 Å². The second kappa shape index (κ2) is 6.99. The monoisotopic (exact) mass is 356 g/mol. The van der Waals surface area contributed by atoms with Gasteiger partial charge in [0.1, 0.15) is 0 Å². The second-order valence-electron chi connectivity index (χ2n) is 8.65. The van der Waals surface area contributed by atoms with Gasteiger partial charge in [0.25, 0.3) is 0 Å². The molecular formula is C21H29BO2S. The molecule has 0 unspecified atom stereocenters. The van der Waals surface area contributed by atoms with Gasteiger partial charge in [0.05, 0.1) is 9.79 Å². The van der Waals surface area contributed by atoms with Crippen LogP contribution in [0.1, 0.15) is 53.5 Å². The molecule has 0 aromatic heterocycles. The summed E-state index contributed by atoms with van der Waals surface area (Å²) in [4.78, 5) is 0.708. The molecule has 0 atom stereocenters. The van der Waals surface area contributed by atoms with Gasteiger partial charge in [0.15, 0.2) is 7.28 Å². The first-order chi connectivity index (χ1) is 11.5. The molecule has 0 radical (unpaired) electrons. The maximum absolute atomic E-state index is 12.9. The molecule has 0 spiro atoms. The molecule has 2 aromatic rings. The molecule has 2 nitrogen and oxygen atoms in total. The van der Waals surface area contributed by atoms with E-state index in [2.05, 4.69) is 41.5 Å². The van der Waals surface area contributed by atoms with E-state index in [1.807, 2.05) is 24.3 Å². The summed E-state index contributed by atoms with van der Waals surface area (Å²) in [7, 11) is -2.54. The summed E-state index contributed by atoms with van der Waals surface area (Å²) in [6.45, 7) is 13.0. The maximum atomic E-state index is 12.9. The molecule has 0 amide bonds. The van der Waals surface area contributed by atoms with E-state index in [4.69, 9.17) is 0 Å². The lowest BCUT2D eigenvalue weighted by Gasteiger charge is -2.23. The molecule has 0 aliphatic rings. The molecule has 2 aromatic carbocycles. The summed E-state index contributed by atoms with van der Waals surface area (Å²) in [5, 5.41) is 0.183. The molecule has 2 rings (SSSR count). The second-order valence-corrected chi connectivity index (χ2v) is 10.6. The van der Waals surface area contributed by atoms with Gasteiger partial charge in [-0.1, -0.05) is 76.6 Å². The van der Waals surface area contributed by atoms with Crippen LogP contribution in [0.2, 0.25) is 5.31 Å². The van der Waals surface area contributed by atoms with Gasteiger partial charge in [-0.05, 0) is 41.7 Å². The molecule has 0 fully saturated rings. The van der Waals surface area contributed by atoms with Crippen molar-refractivity contribution in [2.24, 2.45) is 0 Å². The lowest BCUT2D eigenvalue weighted by atomic mass is 9.51. The summed E-state index contributed by atoms with van der Waals surface area (Å²) in [5.41, 5.74) is 2.37. The predicted octanol–water partition coefficient (Wildman–Crippen LogP) is 4.49. The van der Waals surface area contributed by atoms with Crippen molar-refractivity contribution in [1.82, 2.24) is 0 Å². The third kappa shape index (κ3) is 4.75. The zero-order valence-corrected chi connectivity index (χ0v) is 17.1. The third-order valence-corrected chi connectivity index (χ3v) is 6.58. The van der Waals surface area contributed by atoms with Crippen LogP contribution in [-0.2, 0) is 15.3 Å². The van der Waals surface area contributed by atoms with Crippen LogP contribution in [0.25, 0.3) is 0 Å². The number of sulfone groups is 1. The number of benzene rings is 2. The molecular weight excluding hydrogens is 327 g/mol. The highest BCUT2D eigenvalue weighted by molar-refractivity contribution is 7.91. The third-order valence-electron chi connectivity index (χ3n) is 4.80. The van der Waals surface area contributed by atoms with Crippen molar-refractivity contribution >= 4 is 22.6 Å². The van der Waals surface area contributed by atoms with E-state index in [-0.39, 0.29) is 10.7 Å². The zero-order chi connectivity index (χ0) is 18.9. The first-order valence-corrected chi connectivity index (χ1v) is 10.4. The fourth-order valence-corrected chi connectivity index (χ4v) is 4.09. The van der Waals surface area contributed by atoms with Crippen LogP contribution in [0.3, 0.4) is 0 Å². The van der Waals surface area contributed by atoms with E-state index >= 15 is 0 Å². The highest BCUT2D eigenvalue weighted by Gasteiger charge is 2.22. The Bertz CT molecular complexity index is 812. The first kappa shape index (κ1) is 19.8. The van der Waals surface area contributed by atoms with Crippen LogP contribution in [0, 0.1) is 0 Å². The molecule has 134 valence electrons. The van der Waals surface area contributed by atoms with E-state index in [1.165, 1.54) is 0 Å². The van der Waals surface area contributed by atoms with E-state index in [0.29, 0.717) is 9.79 Å². The largest absolute Gasteiger partial charge is 0.219 e. The average molecular weight is 356 g/mol. The summed E-state index contributed by atoms with van der Waals surface area (Å²) < 4.78 is 25.7. The highest BCUT2D eigenvalue weighted by atomic mass is 32.2. The van der Waals surface area contributed by atoms with Crippen molar-refractivity contribution in [2.45, 2.75) is 68.5 Å². The van der Waals surface area contributed by atoms with Crippen molar-refractivity contribution in [3.05, 3.63) is 54.1 Å². The van der Waals surface area contributed by atoms with Crippen molar-refractivity contribution < 1.29 is 8.42 Å². The fraction of sp³-hybridized carbons (Fsp3) is 0.429. The van der Waals surface area contributed by atoms with Gasteiger partial charge in [0.2, 0.25) is 9.84 Å². The Balaban J connectivity index is 2.29. The number of hydrogen-bond acceptors (Lipinski definition) is 2. The van der Waals surface area contributed by atoms with Gasteiger partial charge in [0, 0.05) is 0 Å². The Morgan fingerprint density at radius 1 is 0.800 bits per heavy atom. The normalized spacial score (nSPS) is 12.9. The summed E-state index contributed by atoms with van der Waals surface area (Å²) in [5.74, 6) is 0. The molecule has 0 bridgehead atoms. The highest BCUT2D eigenvalue weighted by Crippen LogP contribution is 2.29. The molecule has 0 aliphatic heterocycles. The van der Waals surface area contributed by atoms with Gasteiger partial charge in [-0.15, -0.1) is 0 Å². The summed E-state index contributed by atoms with van der Waals surface area (Å²) in [6, 6.07) is 14.6. The predicted molar refractivity (Wildman–Crippen MR) is 108 cm³/mol. The number of rotatable bonds is 5. The lowest BCUT2D eigenvalue weighted by molar-refractivity contribution is 0.506. The maximum Gasteiger partial charge on any atom is 0.206 e. The molecule has 0 saturated carbocycles. The quantitative estimate of drug-likeness (QED) is 0.740. The van der Waals surface area contributed by atoms with Crippen LogP contribution in [0.4, 0.5) is 0 Å². The smallest absolute Gasteiger partial charge is 0.206 e. The van der Waals surface area contributed by atoms with E-state index < -0.39 is 9.84 Å². The molecule has 4 heteroatoms. The Morgan fingerprint density at radius 3 is 1.64 bits per heavy atom. The molecule has 0 heterocycles. The number of hydrogen-bond donors (Lipinski definition) is 0. The molecule has 0 N–H and O–H groups in total. The average Bonchev–Trinajstić information content (AvgIpc) is 2.54. The van der Waals surface area contributed by atoms with Crippen LogP contribution in [0.15, 0.2) is 58.3 Å². The van der Waals surface area contributed by atoms with Crippen molar-refractivity contribution in [3.63, 3.8) is 0 Å². The minimum atomic E-state index is -3.47. The summed E-state index contributed by atoms with van der Waals surface area (Å²) in [6.07, 6.45) is 1.01. The molecule has 0 saturated heterocycles. The van der Waals surface area contributed by atoms with Crippen molar-refractivity contribution in [3.8, 4) is 0 Å². The van der Waals surface area contributed by atoms with Gasteiger partial charge in [-0.3, -0.25) is 0 Å². The molecule has 25 heavy (non-hydrogen) atoms. The Morgan fingerprint density at radius 2 is 1.24 bits per heavy atom. The Labute approximate surface area is 153 Å².